The summed E-state index contributed by atoms with van der Waals surface area (Å²) in [6.45, 7) is 1.61. The largest absolute Gasteiger partial charge is 0.490 e. The van der Waals surface area contributed by atoms with Crippen molar-refractivity contribution in [2.24, 2.45) is 0 Å². The number of hydrogen-bond donors (Lipinski definition) is 0. The lowest BCUT2D eigenvalue weighted by Gasteiger charge is -2.29. The van der Waals surface area contributed by atoms with Crippen molar-refractivity contribution in [3.63, 3.8) is 0 Å². The Morgan fingerprint density at radius 2 is 1.87 bits per heavy atom. The van der Waals surface area contributed by atoms with Gasteiger partial charge in [0, 0.05) is 25.9 Å². The van der Waals surface area contributed by atoms with Gasteiger partial charge in [-0.1, -0.05) is 18.2 Å². The number of carbonyl (C=O) groups is 1. The molecule has 0 N–H and O–H groups in total. The van der Waals surface area contributed by atoms with E-state index in [1.807, 2.05) is 30.3 Å². The van der Waals surface area contributed by atoms with Crippen LogP contribution in [0.2, 0.25) is 0 Å². The number of para-hydroxylation sites is 1. The van der Waals surface area contributed by atoms with Crippen LogP contribution >= 0.6 is 0 Å². The van der Waals surface area contributed by atoms with E-state index in [2.05, 4.69) is 0 Å². The van der Waals surface area contributed by atoms with Crippen LogP contribution in [-0.4, -0.2) is 30.5 Å². The highest BCUT2D eigenvalue weighted by Gasteiger charge is 2.18. The molecule has 0 aliphatic carbocycles. The highest BCUT2D eigenvalue weighted by atomic mass is 16.5. The average molecular weight is 205 g/mol. The van der Waals surface area contributed by atoms with Crippen molar-refractivity contribution in [3.8, 4) is 5.75 Å². The molecule has 1 fully saturated rings. The summed E-state index contributed by atoms with van der Waals surface area (Å²) >= 11 is 0. The highest BCUT2D eigenvalue weighted by Crippen LogP contribution is 2.17. The van der Waals surface area contributed by atoms with Crippen LogP contribution in [0, 0.1) is 0 Å². The van der Waals surface area contributed by atoms with Crippen molar-refractivity contribution in [1.82, 2.24) is 4.90 Å². The van der Waals surface area contributed by atoms with Gasteiger partial charge >= 0.3 is 0 Å². The van der Waals surface area contributed by atoms with E-state index in [1.165, 1.54) is 0 Å². The molecular formula is C12H15NO2. The fourth-order valence-corrected chi connectivity index (χ4v) is 1.79. The number of benzene rings is 1. The topological polar surface area (TPSA) is 29.5 Å². The van der Waals surface area contributed by atoms with E-state index in [9.17, 15) is 4.79 Å². The van der Waals surface area contributed by atoms with Crippen molar-refractivity contribution < 1.29 is 9.53 Å². The Balaban J connectivity index is 1.85. The van der Waals surface area contributed by atoms with Crippen LogP contribution in [0.25, 0.3) is 0 Å². The molecule has 1 aromatic rings. The van der Waals surface area contributed by atoms with E-state index in [4.69, 9.17) is 4.74 Å². The summed E-state index contributed by atoms with van der Waals surface area (Å²) in [5.74, 6) is 0.919. The van der Waals surface area contributed by atoms with Gasteiger partial charge in [-0.05, 0) is 12.1 Å². The molecule has 2 rings (SSSR count). The lowest BCUT2D eigenvalue weighted by Crippen LogP contribution is -2.37. The third kappa shape index (κ3) is 2.72. The number of likely N-dealkylation sites (tertiary alicyclic amines) is 1. The summed E-state index contributed by atoms with van der Waals surface area (Å²) in [6.07, 6.45) is 3.02. The zero-order chi connectivity index (χ0) is 10.5. The minimum atomic E-state index is 0.253. The first-order valence-corrected chi connectivity index (χ1v) is 5.29. The van der Waals surface area contributed by atoms with Crippen molar-refractivity contribution in [2.75, 3.05) is 13.1 Å². The molecule has 3 nitrogen and oxygen atoms in total. The zero-order valence-electron chi connectivity index (χ0n) is 8.63. The van der Waals surface area contributed by atoms with Crippen molar-refractivity contribution in [1.29, 1.82) is 0 Å². The third-order valence-corrected chi connectivity index (χ3v) is 2.67. The number of amides is 1. The van der Waals surface area contributed by atoms with E-state index in [-0.39, 0.29) is 6.10 Å². The molecule has 0 radical (unpaired) electrons. The molecule has 0 aromatic heterocycles. The lowest BCUT2D eigenvalue weighted by molar-refractivity contribution is -0.119. The van der Waals surface area contributed by atoms with E-state index < -0.39 is 0 Å². The van der Waals surface area contributed by atoms with Crippen LogP contribution in [0.15, 0.2) is 30.3 Å². The van der Waals surface area contributed by atoms with Crippen LogP contribution in [0.3, 0.4) is 0 Å². The fraction of sp³-hybridized carbons (Fsp3) is 0.417. The van der Waals surface area contributed by atoms with Crippen molar-refractivity contribution in [3.05, 3.63) is 30.3 Å². The molecule has 0 spiro atoms. The molecule has 0 atom stereocenters. The minimum absolute atomic E-state index is 0.253. The number of rotatable bonds is 3. The first-order chi connectivity index (χ1) is 7.38. The normalized spacial score (nSPS) is 17.5. The summed E-state index contributed by atoms with van der Waals surface area (Å²) in [6, 6.07) is 9.84. The molecule has 3 heteroatoms. The molecule has 80 valence electrons. The Morgan fingerprint density at radius 1 is 1.20 bits per heavy atom. The van der Waals surface area contributed by atoms with Gasteiger partial charge in [-0.15, -0.1) is 0 Å². The van der Waals surface area contributed by atoms with Gasteiger partial charge in [0.15, 0.2) is 0 Å². The van der Waals surface area contributed by atoms with Gasteiger partial charge in [-0.25, -0.2) is 0 Å². The Bertz CT molecular complexity index is 305. The van der Waals surface area contributed by atoms with Gasteiger partial charge in [0.05, 0.1) is 0 Å². The summed E-state index contributed by atoms with van der Waals surface area (Å²) in [5.41, 5.74) is 0. The summed E-state index contributed by atoms with van der Waals surface area (Å²) in [5, 5.41) is 0. The van der Waals surface area contributed by atoms with Gasteiger partial charge in [-0.2, -0.15) is 0 Å². The monoisotopic (exact) mass is 205 g/mol. The van der Waals surface area contributed by atoms with Gasteiger partial charge in [-0.3, -0.25) is 4.79 Å². The number of piperidine rings is 1. The average Bonchev–Trinajstić information content (AvgIpc) is 2.31. The third-order valence-electron chi connectivity index (χ3n) is 2.67. The van der Waals surface area contributed by atoms with E-state index in [0.717, 1.165) is 38.1 Å². The maximum atomic E-state index is 10.5. The maximum Gasteiger partial charge on any atom is 0.209 e. The molecule has 15 heavy (non-hydrogen) atoms. The number of hydrogen-bond acceptors (Lipinski definition) is 2. The fourth-order valence-electron chi connectivity index (χ4n) is 1.79. The number of nitrogens with zero attached hydrogens (tertiary/aromatic N) is 1. The highest BCUT2D eigenvalue weighted by molar-refractivity contribution is 5.47. The molecule has 1 amide bonds. The maximum absolute atomic E-state index is 10.5. The summed E-state index contributed by atoms with van der Waals surface area (Å²) in [7, 11) is 0. The Hall–Kier alpha value is -1.51. The molecule has 0 unspecified atom stereocenters. The second-order valence-corrected chi connectivity index (χ2v) is 3.77. The molecule has 1 heterocycles. The van der Waals surface area contributed by atoms with Crippen LogP contribution < -0.4 is 4.74 Å². The van der Waals surface area contributed by atoms with Gasteiger partial charge in [0.1, 0.15) is 11.9 Å². The second kappa shape index (κ2) is 4.82. The molecule has 1 aromatic carbocycles. The zero-order valence-corrected chi connectivity index (χ0v) is 8.63. The van der Waals surface area contributed by atoms with Crippen molar-refractivity contribution >= 4 is 6.41 Å². The van der Waals surface area contributed by atoms with E-state index >= 15 is 0 Å². The van der Waals surface area contributed by atoms with Gasteiger partial charge in [0.25, 0.3) is 0 Å². The van der Waals surface area contributed by atoms with Crippen LogP contribution in [0.1, 0.15) is 12.8 Å². The SMILES string of the molecule is O=CN1CCC(Oc2ccccc2)CC1. The molecule has 0 bridgehead atoms. The minimum Gasteiger partial charge on any atom is -0.490 e. The smallest absolute Gasteiger partial charge is 0.209 e. The van der Waals surface area contributed by atoms with E-state index in [1.54, 1.807) is 4.90 Å². The molecule has 1 aliphatic rings. The Morgan fingerprint density at radius 3 is 2.47 bits per heavy atom. The van der Waals surface area contributed by atoms with Crippen LogP contribution in [0.5, 0.6) is 5.75 Å². The molecule has 1 aliphatic heterocycles. The standard InChI is InChI=1S/C12H15NO2/c14-10-13-8-6-12(7-9-13)15-11-4-2-1-3-5-11/h1-5,10,12H,6-9H2. The molecular weight excluding hydrogens is 190 g/mol. The first-order valence-electron chi connectivity index (χ1n) is 5.29. The number of ether oxygens (including phenoxy) is 1. The Kier molecular flexibility index (Phi) is 3.22. The molecule has 0 saturated carbocycles. The van der Waals surface area contributed by atoms with Crippen LogP contribution in [-0.2, 0) is 4.79 Å². The van der Waals surface area contributed by atoms with E-state index in [0.29, 0.717) is 0 Å². The second-order valence-electron chi connectivity index (χ2n) is 3.77. The predicted octanol–water partition coefficient (Wildman–Crippen LogP) is 1.69. The summed E-state index contributed by atoms with van der Waals surface area (Å²) in [4.78, 5) is 12.3. The first kappa shape index (κ1) is 10.0. The van der Waals surface area contributed by atoms with Gasteiger partial charge in [0.2, 0.25) is 6.41 Å². The Labute approximate surface area is 89.7 Å². The molecule has 1 saturated heterocycles. The number of carbonyl (C=O) groups excluding carboxylic acids is 1. The lowest BCUT2D eigenvalue weighted by atomic mass is 10.1. The van der Waals surface area contributed by atoms with Crippen LogP contribution in [0.4, 0.5) is 0 Å². The summed E-state index contributed by atoms with van der Waals surface area (Å²) < 4.78 is 5.81. The predicted molar refractivity (Wildman–Crippen MR) is 57.7 cm³/mol. The van der Waals surface area contributed by atoms with Gasteiger partial charge < -0.3 is 9.64 Å². The van der Waals surface area contributed by atoms with Crippen molar-refractivity contribution in [2.45, 2.75) is 18.9 Å². The quantitative estimate of drug-likeness (QED) is 0.703.